The molecule has 1 unspecified atom stereocenters. The van der Waals surface area contributed by atoms with Crippen LogP contribution in [0.1, 0.15) is 6.92 Å². The van der Waals surface area contributed by atoms with Gasteiger partial charge in [-0.2, -0.15) is 0 Å². The standard InChI is InChI=1S/C18H18F2N2O4/c1-11(26-14-6-7-15(19)16(20)9-14)18(24)22-13-5-3-4-12(8-13)21-17(23)10-25-2/h3-9,11H,10H2,1-2H3,(H,21,23)(H,22,24). The van der Waals surface area contributed by atoms with E-state index < -0.39 is 23.6 Å². The third-order valence-corrected chi connectivity index (χ3v) is 3.26. The normalized spacial score (nSPS) is 11.5. The molecule has 6 nitrogen and oxygen atoms in total. The Balaban J connectivity index is 1.97. The molecular formula is C18H18F2N2O4. The first-order valence-corrected chi connectivity index (χ1v) is 7.70. The number of hydrogen-bond acceptors (Lipinski definition) is 4. The van der Waals surface area contributed by atoms with Gasteiger partial charge in [0.2, 0.25) is 5.91 Å². The fourth-order valence-electron chi connectivity index (χ4n) is 2.05. The van der Waals surface area contributed by atoms with Gasteiger partial charge in [0.05, 0.1) is 0 Å². The van der Waals surface area contributed by atoms with Crippen molar-refractivity contribution in [3.8, 4) is 5.75 Å². The second-order valence-electron chi connectivity index (χ2n) is 5.39. The van der Waals surface area contributed by atoms with Crippen molar-refractivity contribution in [1.29, 1.82) is 0 Å². The van der Waals surface area contributed by atoms with Crippen LogP contribution >= 0.6 is 0 Å². The Labute approximate surface area is 149 Å². The van der Waals surface area contributed by atoms with Crippen LogP contribution in [0.5, 0.6) is 5.75 Å². The molecule has 0 spiro atoms. The number of carbonyl (C=O) groups excluding carboxylic acids is 2. The van der Waals surface area contributed by atoms with Gasteiger partial charge in [0.15, 0.2) is 17.7 Å². The summed E-state index contributed by atoms with van der Waals surface area (Å²) in [4.78, 5) is 23.7. The van der Waals surface area contributed by atoms with Gasteiger partial charge in [0, 0.05) is 24.6 Å². The largest absolute Gasteiger partial charge is 0.481 e. The van der Waals surface area contributed by atoms with Crippen LogP contribution in [0.4, 0.5) is 20.2 Å². The number of anilines is 2. The van der Waals surface area contributed by atoms with Gasteiger partial charge in [-0.1, -0.05) is 6.07 Å². The van der Waals surface area contributed by atoms with Crippen LogP contribution in [0.25, 0.3) is 0 Å². The number of methoxy groups -OCH3 is 1. The SMILES string of the molecule is COCC(=O)Nc1cccc(NC(=O)C(C)Oc2ccc(F)c(F)c2)c1. The number of nitrogens with one attached hydrogen (secondary N) is 2. The zero-order valence-corrected chi connectivity index (χ0v) is 14.2. The van der Waals surface area contributed by atoms with Crippen molar-refractivity contribution in [3.63, 3.8) is 0 Å². The van der Waals surface area contributed by atoms with Crippen LogP contribution < -0.4 is 15.4 Å². The summed E-state index contributed by atoms with van der Waals surface area (Å²) in [5.74, 6) is -2.84. The Morgan fingerprint density at radius 1 is 1.04 bits per heavy atom. The Morgan fingerprint density at radius 2 is 1.73 bits per heavy atom. The molecule has 0 bridgehead atoms. The highest BCUT2D eigenvalue weighted by molar-refractivity contribution is 5.96. The van der Waals surface area contributed by atoms with Gasteiger partial charge in [-0.3, -0.25) is 9.59 Å². The lowest BCUT2D eigenvalue weighted by Crippen LogP contribution is -2.30. The third kappa shape index (κ3) is 5.52. The number of ether oxygens (including phenoxy) is 2. The van der Waals surface area contributed by atoms with Crippen molar-refractivity contribution in [3.05, 3.63) is 54.1 Å². The summed E-state index contributed by atoms with van der Waals surface area (Å²) in [5, 5.41) is 5.23. The van der Waals surface area contributed by atoms with Crippen LogP contribution in [0.15, 0.2) is 42.5 Å². The molecule has 2 N–H and O–H groups in total. The van der Waals surface area contributed by atoms with Crippen molar-refractivity contribution in [1.82, 2.24) is 0 Å². The number of amides is 2. The molecule has 0 radical (unpaired) electrons. The molecule has 138 valence electrons. The minimum atomic E-state index is -1.06. The van der Waals surface area contributed by atoms with Crippen LogP contribution in [0.3, 0.4) is 0 Å². The Hall–Kier alpha value is -3.00. The van der Waals surface area contributed by atoms with Gasteiger partial charge in [-0.05, 0) is 37.3 Å². The number of halogens is 2. The summed E-state index contributed by atoms with van der Waals surface area (Å²) >= 11 is 0. The van der Waals surface area contributed by atoms with Crippen LogP contribution in [0, 0.1) is 11.6 Å². The van der Waals surface area contributed by atoms with Crippen molar-refractivity contribution in [2.24, 2.45) is 0 Å². The van der Waals surface area contributed by atoms with Crippen molar-refractivity contribution < 1.29 is 27.8 Å². The number of benzene rings is 2. The zero-order valence-electron chi connectivity index (χ0n) is 14.2. The van der Waals surface area contributed by atoms with E-state index in [0.717, 1.165) is 12.1 Å². The van der Waals surface area contributed by atoms with Gasteiger partial charge in [-0.25, -0.2) is 8.78 Å². The van der Waals surface area contributed by atoms with Gasteiger partial charge >= 0.3 is 0 Å². The molecule has 0 heterocycles. The fourth-order valence-corrected chi connectivity index (χ4v) is 2.05. The summed E-state index contributed by atoms with van der Waals surface area (Å²) in [7, 11) is 1.41. The topological polar surface area (TPSA) is 76.7 Å². The van der Waals surface area contributed by atoms with E-state index in [9.17, 15) is 18.4 Å². The molecule has 0 aliphatic carbocycles. The fraction of sp³-hybridized carbons (Fsp3) is 0.222. The molecule has 0 aromatic heterocycles. The maximum Gasteiger partial charge on any atom is 0.265 e. The molecule has 1 atom stereocenters. The lowest BCUT2D eigenvalue weighted by Gasteiger charge is -2.15. The highest BCUT2D eigenvalue weighted by Gasteiger charge is 2.16. The lowest BCUT2D eigenvalue weighted by atomic mass is 10.2. The second-order valence-corrected chi connectivity index (χ2v) is 5.39. The molecule has 0 saturated heterocycles. The van der Waals surface area contributed by atoms with E-state index in [0.29, 0.717) is 11.4 Å². The highest BCUT2D eigenvalue weighted by Crippen LogP contribution is 2.18. The van der Waals surface area contributed by atoms with Gasteiger partial charge in [0.25, 0.3) is 5.91 Å². The van der Waals surface area contributed by atoms with Crippen LogP contribution in [-0.4, -0.2) is 31.6 Å². The quantitative estimate of drug-likeness (QED) is 0.792. The molecule has 8 heteroatoms. The first kappa shape index (κ1) is 19.3. The summed E-state index contributed by atoms with van der Waals surface area (Å²) in [6.45, 7) is 1.39. The number of rotatable bonds is 7. The minimum Gasteiger partial charge on any atom is -0.481 e. The third-order valence-electron chi connectivity index (χ3n) is 3.26. The zero-order chi connectivity index (χ0) is 19.1. The van der Waals surface area contributed by atoms with Crippen molar-refractivity contribution >= 4 is 23.2 Å². The summed E-state index contributed by atoms with van der Waals surface area (Å²) in [5.41, 5.74) is 0.921. The van der Waals surface area contributed by atoms with Crippen LogP contribution in [0.2, 0.25) is 0 Å². The molecule has 0 aliphatic heterocycles. The molecular weight excluding hydrogens is 346 g/mol. The Bertz CT molecular complexity index is 799. The summed E-state index contributed by atoms with van der Waals surface area (Å²) in [6.07, 6.45) is -0.952. The molecule has 0 aliphatic rings. The van der Waals surface area contributed by atoms with E-state index in [-0.39, 0.29) is 18.3 Å². The Morgan fingerprint density at radius 3 is 2.38 bits per heavy atom. The van der Waals surface area contributed by atoms with Gasteiger partial charge in [0.1, 0.15) is 12.4 Å². The first-order valence-electron chi connectivity index (χ1n) is 7.70. The van der Waals surface area contributed by atoms with E-state index in [1.165, 1.54) is 20.1 Å². The average Bonchev–Trinajstić information content (AvgIpc) is 2.58. The van der Waals surface area contributed by atoms with E-state index in [1.54, 1.807) is 24.3 Å². The average molecular weight is 364 g/mol. The maximum atomic E-state index is 13.2. The Kier molecular flexibility index (Phi) is 6.62. The summed E-state index contributed by atoms with van der Waals surface area (Å²) < 4.78 is 36.1. The monoisotopic (exact) mass is 364 g/mol. The predicted molar refractivity (Wildman–Crippen MR) is 92.0 cm³/mol. The molecule has 2 aromatic carbocycles. The maximum absolute atomic E-state index is 13.2. The molecule has 26 heavy (non-hydrogen) atoms. The first-order chi connectivity index (χ1) is 12.4. The van der Waals surface area contributed by atoms with E-state index in [4.69, 9.17) is 9.47 Å². The van der Waals surface area contributed by atoms with Gasteiger partial charge in [-0.15, -0.1) is 0 Å². The molecule has 2 amide bonds. The summed E-state index contributed by atoms with van der Waals surface area (Å²) in [6, 6.07) is 9.52. The lowest BCUT2D eigenvalue weighted by molar-refractivity contribution is -0.122. The predicted octanol–water partition coefficient (Wildman–Crippen LogP) is 2.96. The molecule has 0 saturated carbocycles. The smallest absolute Gasteiger partial charge is 0.265 e. The van der Waals surface area contributed by atoms with E-state index in [2.05, 4.69) is 10.6 Å². The minimum absolute atomic E-state index is 0.0344. The van der Waals surface area contributed by atoms with Crippen molar-refractivity contribution in [2.75, 3.05) is 24.4 Å². The number of carbonyl (C=O) groups is 2. The van der Waals surface area contributed by atoms with E-state index >= 15 is 0 Å². The molecule has 2 rings (SSSR count). The number of hydrogen-bond donors (Lipinski definition) is 2. The molecule has 0 fully saturated rings. The van der Waals surface area contributed by atoms with Crippen LogP contribution in [-0.2, 0) is 14.3 Å². The van der Waals surface area contributed by atoms with E-state index in [1.807, 2.05) is 0 Å². The van der Waals surface area contributed by atoms with Crippen molar-refractivity contribution in [2.45, 2.75) is 13.0 Å². The highest BCUT2D eigenvalue weighted by atomic mass is 19.2. The molecule has 2 aromatic rings. The van der Waals surface area contributed by atoms with Gasteiger partial charge < -0.3 is 20.1 Å². The second kappa shape index (κ2) is 8.91.